The molecule has 0 aliphatic carbocycles. The van der Waals surface area contributed by atoms with Gasteiger partial charge in [-0.3, -0.25) is 10.1 Å². The Morgan fingerprint density at radius 3 is 2.81 bits per heavy atom. The van der Waals surface area contributed by atoms with Gasteiger partial charge < -0.3 is 4.42 Å². The lowest BCUT2D eigenvalue weighted by molar-refractivity contribution is -0.111. The highest BCUT2D eigenvalue weighted by atomic mass is 32.2. The average Bonchev–Trinajstić information content (AvgIpc) is 3.39. The van der Waals surface area contributed by atoms with E-state index in [1.54, 1.807) is 36.4 Å². The molecule has 0 radical (unpaired) electrons. The molecule has 1 aromatic carbocycles. The zero-order valence-corrected chi connectivity index (χ0v) is 15.9. The molecule has 1 amide bonds. The minimum Gasteiger partial charge on any atom is -0.465 e. The minimum absolute atomic E-state index is 0.260. The highest BCUT2D eigenvalue weighted by molar-refractivity contribution is 7.89. The number of carbonyl (C=O) groups is 1. The second kappa shape index (κ2) is 7.26. The molecule has 0 spiro atoms. The Morgan fingerprint density at radius 1 is 1.26 bits per heavy atom. The van der Waals surface area contributed by atoms with Crippen molar-refractivity contribution in [2.75, 3.05) is 18.4 Å². The van der Waals surface area contributed by atoms with Crippen LogP contribution in [0.3, 0.4) is 0 Å². The van der Waals surface area contributed by atoms with Crippen LogP contribution in [0.25, 0.3) is 16.3 Å². The smallest absolute Gasteiger partial charge is 0.250 e. The first kappa shape index (κ1) is 17.9. The average molecular weight is 403 g/mol. The quantitative estimate of drug-likeness (QED) is 0.660. The third kappa shape index (κ3) is 3.80. The standard InChI is InChI=1S/C18H17N3O4S2/c22-17(8-5-13-4-3-11-25-13)20-18-19-15-7-6-14(12-16(15)26-18)27(23,24)21-9-1-2-10-21/h3-8,11-12H,1-2,9-10H2,(H,19,20,22)/b8-5+. The molecule has 0 saturated carbocycles. The lowest BCUT2D eigenvalue weighted by atomic mass is 10.3. The molecule has 0 atom stereocenters. The van der Waals surface area contributed by atoms with Crippen LogP contribution in [-0.2, 0) is 14.8 Å². The van der Waals surface area contributed by atoms with E-state index in [0.29, 0.717) is 34.2 Å². The third-order valence-electron chi connectivity index (χ3n) is 4.23. The first-order valence-electron chi connectivity index (χ1n) is 8.46. The van der Waals surface area contributed by atoms with Crippen LogP contribution in [0.15, 0.2) is 52.0 Å². The van der Waals surface area contributed by atoms with Crippen LogP contribution in [0.4, 0.5) is 5.13 Å². The Kier molecular flexibility index (Phi) is 4.81. The van der Waals surface area contributed by atoms with Crippen molar-refractivity contribution >= 4 is 48.7 Å². The molecule has 1 saturated heterocycles. The number of furan rings is 1. The number of amides is 1. The van der Waals surface area contributed by atoms with E-state index in [1.165, 1.54) is 28.0 Å². The van der Waals surface area contributed by atoms with E-state index < -0.39 is 10.0 Å². The summed E-state index contributed by atoms with van der Waals surface area (Å²) < 4.78 is 32.7. The molecule has 140 valence electrons. The van der Waals surface area contributed by atoms with E-state index in [1.807, 2.05) is 0 Å². The number of rotatable bonds is 5. The van der Waals surface area contributed by atoms with E-state index >= 15 is 0 Å². The van der Waals surface area contributed by atoms with Crippen LogP contribution in [-0.4, -0.2) is 36.7 Å². The van der Waals surface area contributed by atoms with Crippen molar-refractivity contribution < 1.29 is 17.6 Å². The first-order chi connectivity index (χ1) is 13.0. The first-order valence-corrected chi connectivity index (χ1v) is 10.7. The predicted octanol–water partition coefficient (Wildman–Crippen LogP) is 3.33. The normalized spacial score (nSPS) is 15.7. The Labute approximate surface area is 160 Å². The number of nitrogens with one attached hydrogen (secondary N) is 1. The summed E-state index contributed by atoms with van der Waals surface area (Å²) in [6.45, 7) is 1.12. The van der Waals surface area contributed by atoms with Gasteiger partial charge in [0.2, 0.25) is 15.9 Å². The van der Waals surface area contributed by atoms with Crippen LogP contribution in [0.5, 0.6) is 0 Å². The number of aromatic nitrogens is 1. The maximum Gasteiger partial charge on any atom is 0.250 e. The summed E-state index contributed by atoms with van der Waals surface area (Å²) in [5.74, 6) is 0.238. The van der Waals surface area contributed by atoms with Gasteiger partial charge in [-0.25, -0.2) is 13.4 Å². The molecule has 4 rings (SSSR count). The topological polar surface area (TPSA) is 92.5 Å². The van der Waals surface area contributed by atoms with Crippen molar-refractivity contribution in [3.63, 3.8) is 0 Å². The number of carbonyl (C=O) groups excluding carboxylic acids is 1. The summed E-state index contributed by atoms with van der Waals surface area (Å²) in [5, 5.41) is 3.10. The number of sulfonamides is 1. The zero-order valence-electron chi connectivity index (χ0n) is 14.3. The summed E-state index contributed by atoms with van der Waals surface area (Å²) in [5.41, 5.74) is 0.644. The molecule has 27 heavy (non-hydrogen) atoms. The van der Waals surface area contributed by atoms with Gasteiger partial charge in [-0.15, -0.1) is 0 Å². The Balaban J connectivity index is 1.53. The number of benzene rings is 1. The Hall–Kier alpha value is -2.49. The molecule has 1 fully saturated rings. The molecule has 2 aromatic heterocycles. The Bertz CT molecular complexity index is 1100. The molecule has 9 heteroatoms. The second-order valence-corrected chi connectivity index (χ2v) is 9.07. The number of fused-ring (bicyclic) bond motifs is 1. The van der Waals surface area contributed by atoms with Crippen molar-refractivity contribution in [3.05, 3.63) is 48.4 Å². The predicted molar refractivity (Wildman–Crippen MR) is 104 cm³/mol. The summed E-state index contributed by atoms with van der Waals surface area (Å²) in [6, 6.07) is 8.33. The molecule has 3 aromatic rings. The van der Waals surface area contributed by atoms with Crippen molar-refractivity contribution in [3.8, 4) is 0 Å². The van der Waals surface area contributed by atoms with Gasteiger partial charge in [0.05, 0.1) is 21.4 Å². The number of anilines is 1. The third-order valence-corrected chi connectivity index (χ3v) is 7.06. The number of nitrogens with zero attached hydrogens (tertiary/aromatic N) is 2. The van der Waals surface area contributed by atoms with Crippen molar-refractivity contribution in [1.29, 1.82) is 0 Å². The molecule has 1 aliphatic rings. The van der Waals surface area contributed by atoms with Gasteiger partial charge in [0.15, 0.2) is 5.13 Å². The van der Waals surface area contributed by atoms with Gasteiger partial charge in [-0.05, 0) is 49.2 Å². The fourth-order valence-corrected chi connectivity index (χ4v) is 5.41. The summed E-state index contributed by atoms with van der Waals surface area (Å²) in [4.78, 5) is 16.6. The fraction of sp³-hybridized carbons (Fsp3) is 0.222. The minimum atomic E-state index is -3.47. The van der Waals surface area contributed by atoms with Crippen molar-refractivity contribution in [1.82, 2.24) is 9.29 Å². The van der Waals surface area contributed by atoms with E-state index in [9.17, 15) is 13.2 Å². The van der Waals surface area contributed by atoms with Gasteiger partial charge in [0.1, 0.15) is 5.76 Å². The van der Waals surface area contributed by atoms with Gasteiger partial charge in [-0.2, -0.15) is 4.31 Å². The Morgan fingerprint density at radius 2 is 2.07 bits per heavy atom. The SMILES string of the molecule is O=C(/C=C/c1ccco1)Nc1nc2ccc(S(=O)(=O)N3CCCC3)cc2s1. The molecule has 7 nitrogen and oxygen atoms in total. The van der Waals surface area contributed by atoms with Gasteiger partial charge in [0.25, 0.3) is 0 Å². The van der Waals surface area contributed by atoms with Gasteiger partial charge >= 0.3 is 0 Å². The highest BCUT2D eigenvalue weighted by Crippen LogP contribution is 2.30. The molecular weight excluding hydrogens is 386 g/mol. The summed E-state index contributed by atoms with van der Waals surface area (Å²) >= 11 is 1.24. The van der Waals surface area contributed by atoms with Crippen LogP contribution in [0.1, 0.15) is 18.6 Å². The van der Waals surface area contributed by atoms with Crippen LogP contribution < -0.4 is 5.32 Å². The van der Waals surface area contributed by atoms with Gasteiger partial charge in [-0.1, -0.05) is 11.3 Å². The molecule has 3 heterocycles. The number of hydrogen-bond donors (Lipinski definition) is 1. The lowest BCUT2D eigenvalue weighted by Gasteiger charge is -2.15. The van der Waals surface area contributed by atoms with Crippen LogP contribution in [0, 0.1) is 0 Å². The fourth-order valence-electron chi connectivity index (χ4n) is 2.89. The molecule has 1 N–H and O–H groups in total. The monoisotopic (exact) mass is 403 g/mol. The summed E-state index contributed by atoms with van der Waals surface area (Å²) in [7, 11) is -3.47. The maximum absolute atomic E-state index is 12.7. The highest BCUT2D eigenvalue weighted by Gasteiger charge is 2.27. The zero-order chi connectivity index (χ0) is 18.9. The second-order valence-electron chi connectivity index (χ2n) is 6.10. The van der Waals surface area contributed by atoms with E-state index in [-0.39, 0.29) is 10.8 Å². The number of hydrogen-bond acceptors (Lipinski definition) is 6. The van der Waals surface area contributed by atoms with E-state index in [0.717, 1.165) is 12.8 Å². The maximum atomic E-state index is 12.7. The molecule has 0 bridgehead atoms. The lowest BCUT2D eigenvalue weighted by Crippen LogP contribution is -2.27. The largest absolute Gasteiger partial charge is 0.465 e. The van der Waals surface area contributed by atoms with Crippen LogP contribution in [0.2, 0.25) is 0 Å². The summed E-state index contributed by atoms with van der Waals surface area (Å²) in [6.07, 6.45) is 6.23. The molecule has 0 unspecified atom stereocenters. The molecular formula is C18H17N3O4S2. The van der Waals surface area contributed by atoms with E-state index in [2.05, 4.69) is 10.3 Å². The van der Waals surface area contributed by atoms with Gasteiger partial charge in [0, 0.05) is 19.2 Å². The van der Waals surface area contributed by atoms with Crippen molar-refractivity contribution in [2.24, 2.45) is 0 Å². The van der Waals surface area contributed by atoms with Crippen LogP contribution >= 0.6 is 11.3 Å². The van der Waals surface area contributed by atoms with E-state index in [4.69, 9.17) is 4.42 Å². The molecule has 1 aliphatic heterocycles. The number of thiazole rings is 1. The van der Waals surface area contributed by atoms with Crippen molar-refractivity contribution in [2.45, 2.75) is 17.7 Å².